The minimum absolute atomic E-state index is 0.110. The number of aliphatic imine (C=N–C) groups is 1. The van der Waals surface area contributed by atoms with Gasteiger partial charge in [0.1, 0.15) is 5.84 Å². The van der Waals surface area contributed by atoms with Crippen molar-refractivity contribution in [1.29, 1.82) is 0 Å². The van der Waals surface area contributed by atoms with Crippen LogP contribution in [0, 0.1) is 0 Å². The first-order valence-corrected chi connectivity index (χ1v) is 13.1. The van der Waals surface area contributed by atoms with Crippen molar-refractivity contribution in [2.75, 3.05) is 18.4 Å². The molecule has 0 spiro atoms. The van der Waals surface area contributed by atoms with E-state index in [9.17, 15) is 13.2 Å². The molecule has 0 unspecified atom stereocenters. The van der Waals surface area contributed by atoms with Gasteiger partial charge in [-0.1, -0.05) is 44.2 Å². The van der Waals surface area contributed by atoms with E-state index in [1.54, 1.807) is 12.1 Å². The standard InChI is InChI=1S/C25H32N4O3S/c1-18(2)20-10-8-19(9-11-20)16-29(22-12-13-22)17-25(30)27-21-5-3-6-23(15-21)33(31,32)28-24-7-4-14-26-24/h3,5-6,8-11,15,18,22H,4,7,12-14,16-17H2,1-2H3,(H,26,28)(H,27,30). The van der Waals surface area contributed by atoms with Crippen molar-refractivity contribution in [3.63, 3.8) is 0 Å². The van der Waals surface area contributed by atoms with Crippen LogP contribution in [-0.4, -0.2) is 44.2 Å². The second-order valence-electron chi connectivity index (χ2n) is 9.15. The van der Waals surface area contributed by atoms with Crippen molar-refractivity contribution in [1.82, 2.24) is 9.62 Å². The van der Waals surface area contributed by atoms with Crippen LogP contribution in [0.2, 0.25) is 0 Å². The molecule has 33 heavy (non-hydrogen) atoms. The average Bonchev–Trinajstić information content (AvgIpc) is 3.51. The van der Waals surface area contributed by atoms with Gasteiger partial charge in [0.15, 0.2) is 0 Å². The molecule has 1 amide bonds. The fourth-order valence-electron chi connectivity index (χ4n) is 3.96. The number of hydrogen-bond donors (Lipinski definition) is 2. The Hall–Kier alpha value is -2.71. The molecule has 2 aliphatic rings. The molecular formula is C25H32N4O3S. The largest absolute Gasteiger partial charge is 0.325 e. The van der Waals surface area contributed by atoms with Gasteiger partial charge in [0, 0.05) is 31.2 Å². The SMILES string of the molecule is CC(C)c1ccc(CN(CC(=O)Nc2cccc(S(=O)(=O)NC3=NCCC3)c2)C2CC2)cc1. The minimum atomic E-state index is -3.72. The maximum atomic E-state index is 12.8. The summed E-state index contributed by atoms with van der Waals surface area (Å²) in [6.45, 7) is 5.98. The van der Waals surface area contributed by atoms with Crippen LogP contribution < -0.4 is 10.0 Å². The Bertz CT molecular complexity index is 1120. The molecule has 0 atom stereocenters. The second kappa shape index (κ2) is 10.1. The van der Waals surface area contributed by atoms with E-state index < -0.39 is 10.0 Å². The number of nitrogens with zero attached hydrogens (tertiary/aromatic N) is 2. The fourth-order valence-corrected chi connectivity index (χ4v) is 5.09. The van der Waals surface area contributed by atoms with Crippen LogP contribution in [0.5, 0.6) is 0 Å². The number of carbonyl (C=O) groups is 1. The van der Waals surface area contributed by atoms with E-state index >= 15 is 0 Å². The highest BCUT2D eigenvalue weighted by Gasteiger charge is 2.30. The summed E-state index contributed by atoms with van der Waals surface area (Å²) in [6.07, 6.45) is 3.68. The smallest absolute Gasteiger partial charge is 0.262 e. The summed E-state index contributed by atoms with van der Waals surface area (Å²) in [6, 6.07) is 15.4. The number of hydrogen-bond acceptors (Lipinski definition) is 5. The number of amides is 1. The summed E-state index contributed by atoms with van der Waals surface area (Å²) in [5.74, 6) is 0.833. The maximum Gasteiger partial charge on any atom is 0.262 e. The van der Waals surface area contributed by atoms with Gasteiger partial charge < -0.3 is 5.32 Å². The molecule has 0 bridgehead atoms. The molecule has 176 valence electrons. The topological polar surface area (TPSA) is 90.9 Å². The highest BCUT2D eigenvalue weighted by atomic mass is 32.2. The molecule has 0 saturated heterocycles. The molecule has 0 aromatic heterocycles. The molecular weight excluding hydrogens is 436 g/mol. The van der Waals surface area contributed by atoms with E-state index in [2.05, 4.69) is 58.0 Å². The van der Waals surface area contributed by atoms with Gasteiger partial charge in [0.2, 0.25) is 5.91 Å². The number of sulfonamides is 1. The first-order chi connectivity index (χ1) is 15.8. The summed E-state index contributed by atoms with van der Waals surface area (Å²) in [5.41, 5.74) is 2.96. The maximum absolute atomic E-state index is 12.8. The fraction of sp³-hybridized carbons (Fsp3) is 0.440. The molecule has 1 aliphatic carbocycles. The van der Waals surface area contributed by atoms with Crippen molar-refractivity contribution < 1.29 is 13.2 Å². The molecule has 7 nitrogen and oxygen atoms in total. The van der Waals surface area contributed by atoms with Gasteiger partial charge in [-0.2, -0.15) is 0 Å². The Labute approximate surface area is 196 Å². The van der Waals surface area contributed by atoms with Crippen molar-refractivity contribution in [3.8, 4) is 0 Å². The van der Waals surface area contributed by atoms with Gasteiger partial charge in [-0.05, 0) is 54.5 Å². The lowest BCUT2D eigenvalue weighted by Crippen LogP contribution is -2.34. The van der Waals surface area contributed by atoms with E-state index in [-0.39, 0.29) is 17.3 Å². The number of amidine groups is 1. The van der Waals surface area contributed by atoms with Gasteiger partial charge in [-0.15, -0.1) is 0 Å². The molecule has 1 fully saturated rings. The van der Waals surface area contributed by atoms with Crippen LogP contribution in [0.1, 0.15) is 56.6 Å². The van der Waals surface area contributed by atoms with E-state index in [0.717, 1.165) is 25.8 Å². The lowest BCUT2D eigenvalue weighted by molar-refractivity contribution is -0.117. The number of nitrogens with one attached hydrogen (secondary N) is 2. The summed E-state index contributed by atoms with van der Waals surface area (Å²) < 4.78 is 27.9. The highest BCUT2D eigenvalue weighted by Crippen LogP contribution is 2.28. The molecule has 1 saturated carbocycles. The number of rotatable bonds is 9. The molecule has 2 aromatic rings. The third-order valence-corrected chi connectivity index (χ3v) is 7.38. The Morgan fingerprint density at radius 1 is 1.15 bits per heavy atom. The van der Waals surface area contributed by atoms with Crippen molar-refractivity contribution >= 4 is 27.5 Å². The van der Waals surface area contributed by atoms with Gasteiger partial charge in [-0.25, -0.2) is 8.42 Å². The average molecular weight is 469 g/mol. The van der Waals surface area contributed by atoms with Crippen molar-refractivity contribution in [3.05, 3.63) is 59.7 Å². The van der Waals surface area contributed by atoms with Crippen LogP contribution in [-0.2, 0) is 21.4 Å². The van der Waals surface area contributed by atoms with Gasteiger partial charge in [0.05, 0.1) is 11.4 Å². The normalized spacial score (nSPS) is 16.2. The Balaban J connectivity index is 1.38. The molecule has 8 heteroatoms. The summed E-state index contributed by atoms with van der Waals surface area (Å²) in [5, 5.41) is 2.87. The minimum Gasteiger partial charge on any atom is -0.325 e. The monoisotopic (exact) mass is 468 g/mol. The van der Waals surface area contributed by atoms with Gasteiger partial charge in [0.25, 0.3) is 10.0 Å². The number of anilines is 1. The highest BCUT2D eigenvalue weighted by molar-refractivity contribution is 7.90. The zero-order chi connectivity index (χ0) is 23.4. The van der Waals surface area contributed by atoms with E-state index in [1.807, 2.05) is 0 Å². The molecule has 2 N–H and O–H groups in total. The van der Waals surface area contributed by atoms with Crippen LogP contribution in [0.4, 0.5) is 5.69 Å². The zero-order valence-corrected chi connectivity index (χ0v) is 20.1. The van der Waals surface area contributed by atoms with Crippen LogP contribution in [0.3, 0.4) is 0 Å². The third-order valence-electron chi connectivity index (χ3n) is 6.00. The van der Waals surface area contributed by atoms with Crippen molar-refractivity contribution in [2.45, 2.75) is 62.9 Å². The Morgan fingerprint density at radius 3 is 2.55 bits per heavy atom. The van der Waals surface area contributed by atoms with Gasteiger partial charge >= 0.3 is 0 Å². The number of benzene rings is 2. The molecule has 0 radical (unpaired) electrons. The van der Waals surface area contributed by atoms with E-state index in [4.69, 9.17) is 0 Å². The summed E-state index contributed by atoms with van der Waals surface area (Å²) in [4.78, 5) is 19.3. The predicted molar refractivity (Wildman–Crippen MR) is 131 cm³/mol. The van der Waals surface area contributed by atoms with Crippen LogP contribution in [0.25, 0.3) is 0 Å². The first-order valence-electron chi connectivity index (χ1n) is 11.6. The summed E-state index contributed by atoms with van der Waals surface area (Å²) >= 11 is 0. The first kappa shape index (κ1) is 23.4. The Kier molecular flexibility index (Phi) is 7.14. The lowest BCUT2D eigenvalue weighted by atomic mass is 10.0. The van der Waals surface area contributed by atoms with E-state index in [1.165, 1.54) is 23.3 Å². The number of carbonyl (C=O) groups excluding carboxylic acids is 1. The quantitative estimate of drug-likeness (QED) is 0.584. The van der Waals surface area contributed by atoms with Gasteiger partial charge in [-0.3, -0.25) is 19.4 Å². The van der Waals surface area contributed by atoms with Crippen LogP contribution in [0.15, 0.2) is 58.4 Å². The Morgan fingerprint density at radius 2 is 1.91 bits per heavy atom. The van der Waals surface area contributed by atoms with Crippen LogP contribution >= 0.6 is 0 Å². The third kappa shape index (κ3) is 6.42. The lowest BCUT2D eigenvalue weighted by Gasteiger charge is -2.22. The predicted octanol–water partition coefficient (Wildman–Crippen LogP) is 3.88. The summed E-state index contributed by atoms with van der Waals surface area (Å²) in [7, 11) is -3.72. The second-order valence-corrected chi connectivity index (χ2v) is 10.8. The molecule has 2 aromatic carbocycles. The molecule has 1 aliphatic heterocycles. The molecule has 4 rings (SSSR count). The van der Waals surface area contributed by atoms with Crippen molar-refractivity contribution in [2.24, 2.45) is 4.99 Å². The molecule has 1 heterocycles. The zero-order valence-electron chi connectivity index (χ0n) is 19.3. The van der Waals surface area contributed by atoms with E-state index in [0.29, 0.717) is 36.4 Å².